The van der Waals surface area contributed by atoms with Gasteiger partial charge >= 0.3 is 0 Å². The molecular formula is C13H12BrClN4S. The van der Waals surface area contributed by atoms with Gasteiger partial charge in [0.1, 0.15) is 0 Å². The molecule has 1 aromatic heterocycles. The molecule has 0 bridgehead atoms. The first kappa shape index (κ1) is 15.2. The van der Waals surface area contributed by atoms with E-state index in [0.29, 0.717) is 16.1 Å². The highest BCUT2D eigenvalue weighted by molar-refractivity contribution is 9.10. The zero-order valence-electron chi connectivity index (χ0n) is 10.9. The summed E-state index contributed by atoms with van der Waals surface area (Å²) in [6, 6.07) is 7.40. The molecule has 0 aliphatic rings. The summed E-state index contributed by atoms with van der Waals surface area (Å²) in [4.78, 5) is 8.52. The van der Waals surface area contributed by atoms with Gasteiger partial charge in [0, 0.05) is 15.9 Å². The number of rotatable bonds is 2. The molecule has 2 rings (SSSR count). The van der Waals surface area contributed by atoms with Gasteiger partial charge in [-0.1, -0.05) is 27.5 Å². The number of aromatic nitrogens is 2. The van der Waals surface area contributed by atoms with Crippen molar-refractivity contribution in [3.63, 3.8) is 0 Å². The van der Waals surface area contributed by atoms with Gasteiger partial charge in [-0.05, 0) is 50.3 Å². The third-order valence-corrected chi connectivity index (χ3v) is 3.40. The molecule has 0 unspecified atom stereocenters. The Balaban J connectivity index is 2.09. The van der Waals surface area contributed by atoms with Gasteiger partial charge in [-0.15, -0.1) is 0 Å². The summed E-state index contributed by atoms with van der Waals surface area (Å²) >= 11 is 14.7. The van der Waals surface area contributed by atoms with Crippen LogP contribution in [-0.2, 0) is 0 Å². The van der Waals surface area contributed by atoms with E-state index >= 15 is 0 Å². The number of aryl methyl sites for hydroxylation is 2. The van der Waals surface area contributed by atoms with Gasteiger partial charge in [-0.25, -0.2) is 9.97 Å². The van der Waals surface area contributed by atoms with Crippen LogP contribution in [0.15, 0.2) is 28.7 Å². The van der Waals surface area contributed by atoms with E-state index in [9.17, 15) is 0 Å². The fourth-order valence-corrected chi connectivity index (χ4v) is 2.55. The van der Waals surface area contributed by atoms with Gasteiger partial charge in [0.2, 0.25) is 5.95 Å². The first-order valence-corrected chi connectivity index (χ1v) is 7.37. The molecule has 2 aromatic rings. The molecule has 20 heavy (non-hydrogen) atoms. The van der Waals surface area contributed by atoms with Crippen LogP contribution in [0.1, 0.15) is 11.4 Å². The van der Waals surface area contributed by atoms with Crippen LogP contribution in [0.5, 0.6) is 0 Å². The molecule has 4 nitrogen and oxygen atoms in total. The van der Waals surface area contributed by atoms with Gasteiger partial charge < -0.3 is 10.6 Å². The maximum Gasteiger partial charge on any atom is 0.229 e. The van der Waals surface area contributed by atoms with Crippen molar-refractivity contribution in [1.29, 1.82) is 0 Å². The fourth-order valence-electron chi connectivity index (χ4n) is 1.63. The molecule has 0 aliphatic carbocycles. The lowest BCUT2D eigenvalue weighted by molar-refractivity contribution is 1.07. The summed E-state index contributed by atoms with van der Waals surface area (Å²) in [5, 5.41) is 6.92. The quantitative estimate of drug-likeness (QED) is 0.770. The fraction of sp³-hybridized carbons (Fsp3) is 0.154. The SMILES string of the molecule is Cc1cc(C)nc(NC(=S)Nc2ccc(Br)cc2Cl)n1. The largest absolute Gasteiger partial charge is 0.331 e. The molecule has 104 valence electrons. The van der Waals surface area contributed by atoms with Crippen molar-refractivity contribution in [2.24, 2.45) is 0 Å². The smallest absolute Gasteiger partial charge is 0.229 e. The van der Waals surface area contributed by atoms with Gasteiger partial charge in [-0.3, -0.25) is 0 Å². The highest BCUT2D eigenvalue weighted by Gasteiger charge is 2.06. The van der Waals surface area contributed by atoms with Crippen molar-refractivity contribution in [3.05, 3.63) is 45.1 Å². The average Bonchev–Trinajstić information content (AvgIpc) is 2.31. The molecule has 7 heteroatoms. The maximum atomic E-state index is 6.12. The average molecular weight is 372 g/mol. The Morgan fingerprint density at radius 3 is 2.40 bits per heavy atom. The van der Waals surface area contributed by atoms with Gasteiger partial charge in [0.05, 0.1) is 10.7 Å². The second kappa shape index (κ2) is 6.47. The van der Waals surface area contributed by atoms with E-state index in [1.54, 1.807) is 6.07 Å². The monoisotopic (exact) mass is 370 g/mol. The van der Waals surface area contributed by atoms with E-state index in [4.69, 9.17) is 23.8 Å². The van der Waals surface area contributed by atoms with Crippen LogP contribution in [0, 0.1) is 13.8 Å². The van der Waals surface area contributed by atoms with Gasteiger partial charge in [-0.2, -0.15) is 0 Å². The zero-order chi connectivity index (χ0) is 14.7. The van der Waals surface area contributed by atoms with Crippen molar-refractivity contribution in [3.8, 4) is 0 Å². The molecule has 0 spiro atoms. The van der Waals surface area contributed by atoms with Gasteiger partial charge in [0.15, 0.2) is 5.11 Å². The summed E-state index contributed by atoms with van der Waals surface area (Å²) < 4.78 is 0.907. The number of benzene rings is 1. The summed E-state index contributed by atoms with van der Waals surface area (Å²) in [5.41, 5.74) is 2.48. The minimum Gasteiger partial charge on any atom is -0.331 e. The van der Waals surface area contributed by atoms with Crippen LogP contribution in [0.3, 0.4) is 0 Å². The summed E-state index contributed by atoms with van der Waals surface area (Å²) in [6.45, 7) is 3.81. The Morgan fingerprint density at radius 1 is 1.15 bits per heavy atom. The van der Waals surface area contributed by atoms with Crippen LogP contribution in [0.25, 0.3) is 0 Å². The van der Waals surface area contributed by atoms with Gasteiger partial charge in [0.25, 0.3) is 0 Å². The number of halogens is 2. The Kier molecular flexibility index (Phi) is 4.91. The molecule has 0 saturated carbocycles. The lowest BCUT2D eigenvalue weighted by Crippen LogP contribution is -2.21. The van der Waals surface area contributed by atoms with E-state index in [0.717, 1.165) is 21.5 Å². The number of thiocarbonyl (C=S) groups is 1. The zero-order valence-corrected chi connectivity index (χ0v) is 14.0. The molecule has 2 N–H and O–H groups in total. The number of nitrogens with one attached hydrogen (secondary N) is 2. The highest BCUT2D eigenvalue weighted by Crippen LogP contribution is 2.25. The molecule has 1 aromatic carbocycles. The summed E-state index contributed by atoms with van der Waals surface area (Å²) in [5.74, 6) is 0.466. The van der Waals surface area contributed by atoms with Crippen molar-refractivity contribution in [2.45, 2.75) is 13.8 Å². The van der Waals surface area contributed by atoms with Crippen LogP contribution < -0.4 is 10.6 Å². The van der Waals surface area contributed by atoms with E-state index in [-0.39, 0.29) is 0 Å². The number of anilines is 2. The molecule has 1 heterocycles. The molecule has 0 fully saturated rings. The first-order chi connectivity index (χ1) is 9.44. The van der Waals surface area contributed by atoms with E-state index in [1.165, 1.54) is 0 Å². The van der Waals surface area contributed by atoms with Crippen molar-refractivity contribution in [1.82, 2.24) is 9.97 Å². The van der Waals surface area contributed by atoms with Crippen LogP contribution >= 0.6 is 39.7 Å². The van der Waals surface area contributed by atoms with Crippen LogP contribution in [0.2, 0.25) is 5.02 Å². The van der Waals surface area contributed by atoms with Crippen LogP contribution in [-0.4, -0.2) is 15.1 Å². The Hall–Kier alpha value is -1.24. The number of hydrogen-bond acceptors (Lipinski definition) is 3. The molecule has 0 atom stereocenters. The number of hydrogen-bond donors (Lipinski definition) is 2. The van der Waals surface area contributed by atoms with Crippen LogP contribution in [0.4, 0.5) is 11.6 Å². The Morgan fingerprint density at radius 2 is 1.80 bits per heavy atom. The Labute approximate surface area is 136 Å². The standard InChI is InChI=1S/C13H12BrClN4S/c1-7-5-8(2)17-12(16-7)19-13(20)18-11-4-3-9(14)6-10(11)15/h3-6H,1-2H3,(H2,16,17,18,19,20). The van der Waals surface area contributed by atoms with E-state index < -0.39 is 0 Å². The molecular weight excluding hydrogens is 360 g/mol. The maximum absolute atomic E-state index is 6.12. The predicted octanol–water partition coefficient (Wildman–Crippen LogP) is 4.32. The number of nitrogens with zero attached hydrogens (tertiary/aromatic N) is 2. The molecule has 0 radical (unpaired) electrons. The normalized spacial score (nSPS) is 10.2. The summed E-state index contributed by atoms with van der Waals surface area (Å²) in [7, 11) is 0. The van der Waals surface area contributed by atoms with Crippen molar-refractivity contribution >= 4 is 56.5 Å². The van der Waals surface area contributed by atoms with Crippen molar-refractivity contribution in [2.75, 3.05) is 10.6 Å². The summed E-state index contributed by atoms with van der Waals surface area (Å²) in [6.07, 6.45) is 0. The molecule has 0 aliphatic heterocycles. The minimum absolute atomic E-state index is 0.388. The Bertz CT molecular complexity index is 643. The topological polar surface area (TPSA) is 49.8 Å². The first-order valence-electron chi connectivity index (χ1n) is 5.79. The van der Waals surface area contributed by atoms with Crippen molar-refractivity contribution < 1.29 is 0 Å². The second-order valence-electron chi connectivity index (χ2n) is 4.18. The molecule has 0 saturated heterocycles. The minimum atomic E-state index is 0.388. The lowest BCUT2D eigenvalue weighted by atomic mass is 10.3. The highest BCUT2D eigenvalue weighted by atomic mass is 79.9. The third kappa shape index (κ3) is 4.13. The lowest BCUT2D eigenvalue weighted by Gasteiger charge is -2.11. The predicted molar refractivity (Wildman–Crippen MR) is 90.5 cm³/mol. The second-order valence-corrected chi connectivity index (χ2v) is 5.91. The molecule has 0 amide bonds. The van der Waals surface area contributed by atoms with E-state index in [2.05, 4.69) is 36.5 Å². The van der Waals surface area contributed by atoms with E-state index in [1.807, 2.05) is 32.0 Å². The third-order valence-electron chi connectivity index (χ3n) is 2.39.